The van der Waals surface area contributed by atoms with Gasteiger partial charge in [-0.15, -0.1) is 0 Å². The second kappa shape index (κ2) is 4.51. The Morgan fingerprint density at radius 2 is 2.05 bits per heavy atom. The van der Waals surface area contributed by atoms with Gasteiger partial charge in [-0.2, -0.15) is 5.26 Å². The van der Waals surface area contributed by atoms with Crippen LogP contribution in [0.4, 0.5) is 10.3 Å². The van der Waals surface area contributed by atoms with Crippen molar-refractivity contribution in [3.8, 4) is 11.8 Å². The molecule has 0 spiro atoms. The van der Waals surface area contributed by atoms with E-state index < -0.39 is 5.82 Å². The Morgan fingerprint density at radius 1 is 1.25 bits per heavy atom. The van der Waals surface area contributed by atoms with E-state index in [0.29, 0.717) is 22.3 Å². The molecule has 2 aromatic carbocycles. The Hall–Kier alpha value is -2.58. The van der Waals surface area contributed by atoms with Gasteiger partial charge in [0, 0.05) is 0 Å². The molecular weight excluding hydrogens is 279 g/mol. The summed E-state index contributed by atoms with van der Waals surface area (Å²) in [5.74, 6) is -0.256. The fraction of sp³-hybridized carbons (Fsp3) is 0. The molecule has 20 heavy (non-hydrogen) atoms. The highest BCUT2D eigenvalue weighted by Gasteiger charge is 2.12. The number of nitriles is 1. The second-order valence-electron chi connectivity index (χ2n) is 4.22. The number of nitrogen functional groups attached to an aromatic ring is 1. The number of aromatic nitrogens is 2. The molecule has 0 aliphatic heterocycles. The first-order valence-corrected chi connectivity index (χ1v) is 6.11. The van der Waals surface area contributed by atoms with Crippen LogP contribution >= 0.6 is 11.6 Å². The molecule has 0 unspecified atom stereocenters. The molecule has 0 amide bonds. The van der Waals surface area contributed by atoms with E-state index in [4.69, 9.17) is 22.6 Å². The van der Waals surface area contributed by atoms with Crippen LogP contribution in [0.3, 0.4) is 0 Å². The summed E-state index contributed by atoms with van der Waals surface area (Å²) in [5.41, 5.74) is 8.30. The number of anilines is 1. The van der Waals surface area contributed by atoms with Crippen molar-refractivity contribution in [2.75, 3.05) is 5.73 Å². The lowest BCUT2D eigenvalue weighted by Crippen LogP contribution is -2.01. The fourth-order valence-electron chi connectivity index (χ4n) is 2.06. The number of nitrogens with two attached hydrogens (primary N) is 1. The van der Waals surface area contributed by atoms with Crippen molar-refractivity contribution in [1.29, 1.82) is 5.26 Å². The van der Waals surface area contributed by atoms with Crippen LogP contribution in [-0.2, 0) is 0 Å². The van der Waals surface area contributed by atoms with Gasteiger partial charge < -0.3 is 5.73 Å². The molecule has 0 radical (unpaired) electrons. The fourth-order valence-corrected chi connectivity index (χ4v) is 2.23. The lowest BCUT2D eigenvalue weighted by atomic mass is 10.2. The lowest BCUT2D eigenvalue weighted by molar-refractivity contribution is 0.628. The van der Waals surface area contributed by atoms with Crippen molar-refractivity contribution >= 4 is 28.6 Å². The summed E-state index contributed by atoms with van der Waals surface area (Å²) in [7, 11) is 0. The maximum absolute atomic E-state index is 13.2. The van der Waals surface area contributed by atoms with Crippen molar-refractivity contribution in [3.05, 3.63) is 52.8 Å². The van der Waals surface area contributed by atoms with Crippen LogP contribution < -0.4 is 5.73 Å². The molecule has 3 aromatic rings. The molecule has 3 rings (SSSR count). The maximum Gasteiger partial charge on any atom is 0.205 e. The van der Waals surface area contributed by atoms with Gasteiger partial charge in [-0.25, -0.2) is 9.37 Å². The smallest absolute Gasteiger partial charge is 0.205 e. The number of rotatable bonds is 1. The van der Waals surface area contributed by atoms with Crippen LogP contribution in [-0.4, -0.2) is 9.55 Å². The van der Waals surface area contributed by atoms with E-state index in [1.807, 2.05) is 0 Å². The Kier molecular flexibility index (Phi) is 2.81. The van der Waals surface area contributed by atoms with Gasteiger partial charge in [0.2, 0.25) is 5.95 Å². The van der Waals surface area contributed by atoms with Crippen LogP contribution in [0.2, 0.25) is 5.02 Å². The van der Waals surface area contributed by atoms with Crippen LogP contribution in [0.1, 0.15) is 5.56 Å². The van der Waals surface area contributed by atoms with E-state index in [2.05, 4.69) is 11.1 Å². The molecule has 4 nitrogen and oxygen atoms in total. The Bertz CT molecular complexity index is 863. The van der Waals surface area contributed by atoms with Gasteiger partial charge in [0.1, 0.15) is 5.82 Å². The minimum absolute atomic E-state index is 0.000174. The highest BCUT2D eigenvalue weighted by atomic mass is 35.5. The minimum Gasteiger partial charge on any atom is -0.369 e. The summed E-state index contributed by atoms with van der Waals surface area (Å²) in [4.78, 5) is 4.21. The quantitative estimate of drug-likeness (QED) is 0.746. The number of benzene rings is 2. The van der Waals surface area contributed by atoms with Crippen molar-refractivity contribution in [3.63, 3.8) is 0 Å². The molecule has 0 saturated heterocycles. The van der Waals surface area contributed by atoms with Gasteiger partial charge in [-0.3, -0.25) is 4.57 Å². The first-order chi connectivity index (χ1) is 9.60. The molecule has 1 aromatic heterocycles. The first-order valence-electron chi connectivity index (χ1n) is 5.73. The average Bonchev–Trinajstić information content (AvgIpc) is 2.77. The molecule has 6 heteroatoms. The SMILES string of the molecule is N#Cc1ccc2nc(N)n(-c3ccc(F)c(Cl)c3)c2c1. The van der Waals surface area contributed by atoms with E-state index in [9.17, 15) is 4.39 Å². The summed E-state index contributed by atoms with van der Waals surface area (Å²) in [6.45, 7) is 0. The standard InChI is InChI=1S/C14H8ClFN4/c15-10-6-9(2-3-11(10)16)20-13-5-8(7-17)1-4-12(13)19-14(20)18/h1-6H,(H2,18,19). The summed E-state index contributed by atoms with van der Waals surface area (Å²) >= 11 is 5.79. The normalized spacial score (nSPS) is 10.7. The molecule has 0 bridgehead atoms. The molecule has 98 valence electrons. The van der Waals surface area contributed by atoms with E-state index >= 15 is 0 Å². The molecule has 0 aliphatic rings. The maximum atomic E-state index is 13.2. The lowest BCUT2D eigenvalue weighted by Gasteiger charge is -2.07. The highest BCUT2D eigenvalue weighted by Crippen LogP contribution is 2.26. The van der Waals surface area contributed by atoms with E-state index in [1.165, 1.54) is 12.1 Å². The monoisotopic (exact) mass is 286 g/mol. The predicted octanol–water partition coefficient (Wildman–Crippen LogP) is 3.27. The third-order valence-electron chi connectivity index (χ3n) is 2.97. The van der Waals surface area contributed by atoms with Crippen LogP contribution in [0.5, 0.6) is 0 Å². The molecule has 0 aliphatic carbocycles. The van der Waals surface area contributed by atoms with E-state index in [0.717, 1.165) is 0 Å². The van der Waals surface area contributed by atoms with Crippen molar-refractivity contribution in [1.82, 2.24) is 9.55 Å². The number of nitrogens with zero attached hydrogens (tertiary/aromatic N) is 3. The van der Waals surface area contributed by atoms with Crippen LogP contribution in [0.15, 0.2) is 36.4 Å². The van der Waals surface area contributed by atoms with Gasteiger partial charge in [-0.1, -0.05) is 11.6 Å². The number of fused-ring (bicyclic) bond motifs is 1. The molecule has 2 N–H and O–H groups in total. The van der Waals surface area contributed by atoms with Gasteiger partial charge >= 0.3 is 0 Å². The zero-order valence-corrected chi connectivity index (χ0v) is 10.9. The first kappa shape index (κ1) is 12.5. The Balaban J connectivity index is 2.32. The number of halogens is 2. The average molecular weight is 287 g/mol. The summed E-state index contributed by atoms with van der Waals surface area (Å²) in [5, 5.41) is 8.96. The number of hydrogen-bond donors (Lipinski definition) is 1. The molecule has 0 saturated carbocycles. The van der Waals surface area contributed by atoms with Crippen LogP contribution in [0, 0.1) is 17.1 Å². The number of hydrogen-bond acceptors (Lipinski definition) is 3. The topological polar surface area (TPSA) is 67.6 Å². The third kappa shape index (κ3) is 1.87. The summed E-state index contributed by atoms with van der Waals surface area (Å²) in [6, 6.07) is 11.4. The van der Waals surface area contributed by atoms with E-state index in [-0.39, 0.29) is 11.0 Å². The molecular formula is C14H8ClFN4. The van der Waals surface area contributed by atoms with Crippen molar-refractivity contribution in [2.45, 2.75) is 0 Å². The largest absolute Gasteiger partial charge is 0.369 e. The predicted molar refractivity (Wildman–Crippen MR) is 75.2 cm³/mol. The highest BCUT2D eigenvalue weighted by molar-refractivity contribution is 6.30. The summed E-state index contributed by atoms with van der Waals surface area (Å²) in [6.07, 6.45) is 0. The van der Waals surface area contributed by atoms with Crippen molar-refractivity contribution < 1.29 is 4.39 Å². The molecule has 0 fully saturated rings. The summed E-state index contributed by atoms with van der Waals surface area (Å²) < 4.78 is 14.9. The Labute approximate surface area is 118 Å². The molecule has 0 atom stereocenters. The van der Waals surface area contributed by atoms with E-state index in [1.54, 1.807) is 28.8 Å². The van der Waals surface area contributed by atoms with Gasteiger partial charge in [-0.05, 0) is 36.4 Å². The Morgan fingerprint density at radius 3 is 2.75 bits per heavy atom. The van der Waals surface area contributed by atoms with Crippen LogP contribution in [0.25, 0.3) is 16.7 Å². The van der Waals surface area contributed by atoms with Crippen molar-refractivity contribution in [2.24, 2.45) is 0 Å². The third-order valence-corrected chi connectivity index (χ3v) is 3.26. The van der Waals surface area contributed by atoms with Gasteiger partial charge in [0.15, 0.2) is 0 Å². The number of imidazole rings is 1. The zero-order valence-electron chi connectivity index (χ0n) is 10.1. The zero-order chi connectivity index (χ0) is 14.3. The molecule has 1 heterocycles. The minimum atomic E-state index is -0.504. The van der Waals surface area contributed by atoms with Gasteiger partial charge in [0.25, 0.3) is 0 Å². The second-order valence-corrected chi connectivity index (χ2v) is 4.63. The van der Waals surface area contributed by atoms with Gasteiger partial charge in [0.05, 0.1) is 33.4 Å².